The maximum absolute atomic E-state index is 12.3. The first-order valence-electron chi connectivity index (χ1n) is 9.59. The average Bonchev–Trinajstić information content (AvgIpc) is 3.32. The maximum atomic E-state index is 12.3. The molecule has 152 valence electrons. The molecule has 1 aromatic heterocycles. The summed E-state index contributed by atoms with van der Waals surface area (Å²) < 4.78 is 5.75. The highest BCUT2D eigenvalue weighted by Gasteiger charge is 2.34. The number of nitrogens with zero attached hydrogens (tertiary/aromatic N) is 1. The molecule has 0 unspecified atom stereocenters. The number of halogens is 1. The third-order valence-electron chi connectivity index (χ3n) is 4.91. The monoisotopic (exact) mass is 422 g/mol. The van der Waals surface area contributed by atoms with Crippen molar-refractivity contribution in [2.75, 3.05) is 6.54 Å². The number of benzene rings is 2. The van der Waals surface area contributed by atoms with Gasteiger partial charge < -0.3 is 9.73 Å². The van der Waals surface area contributed by atoms with E-state index < -0.39 is 0 Å². The summed E-state index contributed by atoms with van der Waals surface area (Å²) in [5, 5.41) is 3.45. The van der Waals surface area contributed by atoms with Gasteiger partial charge in [-0.2, -0.15) is 0 Å². The molecule has 7 heteroatoms. The molecule has 0 bridgehead atoms. The molecule has 0 radical (unpaired) electrons. The molecule has 0 aliphatic carbocycles. The van der Waals surface area contributed by atoms with Crippen LogP contribution >= 0.6 is 11.6 Å². The van der Waals surface area contributed by atoms with Crippen LogP contribution in [0.15, 0.2) is 65.1 Å². The van der Waals surface area contributed by atoms with Gasteiger partial charge in [0.25, 0.3) is 11.8 Å². The first-order chi connectivity index (χ1) is 14.5. The van der Waals surface area contributed by atoms with Crippen LogP contribution in [0.4, 0.5) is 0 Å². The number of hydrogen-bond acceptors (Lipinski definition) is 4. The minimum Gasteiger partial charge on any atom is -0.459 e. The third-order valence-corrected chi connectivity index (χ3v) is 5.17. The van der Waals surface area contributed by atoms with E-state index in [-0.39, 0.29) is 37.2 Å². The second-order valence-electron chi connectivity index (χ2n) is 6.96. The lowest BCUT2D eigenvalue weighted by atomic mass is 10.1. The zero-order chi connectivity index (χ0) is 21.1. The summed E-state index contributed by atoms with van der Waals surface area (Å²) in [5.74, 6) is 0.550. The van der Waals surface area contributed by atoms with Gasteiger partial charge in [-0.3, -0.25) is 19.3 Å². The molecule has 2 heterocycles. The highest BCUT2D eigenvalue weighted by molar-refractivity contribution is 6.30. The van der Waals surface area contributed by atoms with Crippen LogP contribution in [-0.2, 0) is 11.3 Å². The molecule has 6 nitrogen and oxygen atoms in total. The Balaban J connectivity index is 1.24. The van der Waals surface area contributed by atoms with Crippen molar-refractivity contribution in [1.82, 2.24) is 10.2 Å². The number of furan rings is 1. The van der Waals surface area contributed by atoms with Gasteiger partial charge in [-0.15, -0.1) is 0 Å². The summed E-state index contributed by atoms with van der Waals surface area (Å²) in [7, 11) is 0. The molecule has 1 aliphatic rings. The number of imide groups is 1. The van der Waals surface area contributed by atoms with Crippen molar-refractivity contribution >= 4 is 29.3 Å². The van der Waals surface area contributed by atoms with Crippen LogP contribution in [0, 0.1) is 0 Å². The van der Waals surface area contributed by atoms with E-state index in [2.05, 4.69) is 5.32 Å². The zero-order valence-corrected chi connectivity index (χ0v) is 16.8. The fourth-order valence-corrected chi connectivity index (χ4v) is 3.48. The summed E-state index contributed by atoms with van der Waals surface area (Å²) in [6, 6.07) is 17.7. The van der Waals surface area contributed by atoms with E-state index in [9.17, 15) is 14.4 Å². The Kier molecular flexibility index (Phi) is 5.68. The molecule has 0 fully saturated rings. The summed E-state index contributed by atoms with van der Waals surface area (Å²) in [4.78, 5) is 38.0. The predicted molar refractivity (Wildman–Crippen MR) is 112 cm³/mol. The SMILES string of the molecule is O=C(CCCN1C(=O)c2ccccc2C1=O)NCc1ccc(-c2ccc(Cl)cc2)o1. The molecular weight excluding hydrogens is 404 g/mol. The van der Waals surface area contributed by atoms with E-state index in [0.29, 0.717) is 34.1 Å². The molecule has 3 amide bonds. The van der Waals surface area contributed by atoms with Gasteiger partial charge in [0.15, 0.2) is 0 Å². The van der Waals surface area contributed by atoms with E-state index in [4.69, 9.17) is 16.0 Å². The van der Waals surface area contributed by atoms with Crippen LogP contribution in [0.2, 0.25) is 5.02 Å². The van der Waals surface area contributed by atoms with Gasteiger partial charge in [0.05, 0.1) is 17.7 Å². The van der Waals surface area contributed by atoms with E-state index in [1.165, 1.54) is 4.90 Å². The standard InChI is InChI=1S/C23H19ClN2O4/c24-16-9-7-15(8-10-16)20-12-11-17(30-20)14-25-21(27)6-3-13-26-22(28)18-4-1-2-5-19(18)23(26)29/h1-2,4-5,7-12H,3,6,13-14H2,(H,25,27). The first kappa shape index (κ1) is 19.9. The number of amides is 3. The largest absolute Gasteiger partial charge is 0.459 e. The fourth-order valence-electron chi connectivity index (χ4n) is 3.36. The van der Waals surface area contributed by atoms with Gasteiger partial charge in [0.1, 0.15) is 11.5 Å². The number of nitrogens with one attached hydrogen (secondary N) is 1. The summed E-state index contributed by atoms with van der Waals surface area (Å²) in [6.45, 7) is 0.473. The van der Waals surface area contributed by atoms with Crippen LogP contribution in [0.25, 0.3) is 11.3 Å². The molecular formula is C23H19ClN2O4. The van der Waals surface area contributed by atoms with Gasteiger partial charge in [-0.1, -0.05) is 23.7 Å². The summed E-state index contributed by atoms with van der Waals surface area (Å²) >= 11 is 5.89. The van der Waals surface area contributed by atoms with E-state index >= 15 is 0 Å². The van der Waals surface area contributed by atoms with E-state index in [1.807, 2.05) is 24.3 Å². The van der Waals surface area contributed by atoms with Crippen molar-refractivity contribution in [1.29, 1.82) is 0 Å². The lowest BCUT2D eigenvalue weighted by Crippen LogP contribution is -2.32. The van der Waals surface area contributed by atoms with Gasteiger partial charge in [0, 0.05) is 23.6 Å². The van der Waals surface area contributed by atoms with Gasteiger partial charge in [-0.05, 0) is 55.0 Å². The molecule has 30 heavy (non-hydrogen) atoms. The highest BCUT2D eigenvalue weighted by atomic mass is 35.5. The lowest BCUT2D eigenvalue weighted by Gasteiger charge is -2.13. The summed E-state index contributed by atoms with van der Waals surface area (Å²) in [6.07, 6.45) is 0.601. The highest BCUT2D eigenvalue weighted by Crippen LogP contribution is 2.24. The lowest BCUT2D eigenvalue weighted by molar-refractivity contribution is -0.121. The molecule has 0 saturated heterocycles. The van der Waals surface area contributed by atoms with Gasteiger partial charge >= 0.3 is 0 Å². The minimum atomic E-state index is -0.304. The third kappa shape index (κ3) is 4.14. The number of carbonyl (C=O) groups excluding carboxylic acids is 3. The van der Waals surface area contributed by atoms with Crippen LogP contribution in [0.3, 0.4) is 0 Å². The molecule has 0 atom stereocenters. The predicted octanol–water partition coefficient (Wildman–Crippen LogP) is 4.29. The Morgan fingerprint density at radius 1 is 0.933 bits per heavy atom. The Bertz CT molecular complexity index is 1070. The Morgan fingerprint density at radius 2 is 1.60 bits per heavy atom. The molecule has 3 aromatic rings. The van der Waals surface area contributed by atoms with Crippen molar-refractivity contribution in [2.24, 2.45) is 0 Å². The van der Waals surface area contributed by atoms with Gasteiger partial charge in [-0.25, -0.2) is 0 Å². The Hall–Kier alpha value is -3.38. The normalized spacial score (nSPS) is 12.9. The summed E-state index contributed by atoms with van der Waals surface area (Å²) in [5.41, 5.74) is 1.74. The van der Waals surface area contributed by atoms with Crippen molar-refractivity contribution in [3.05, 3.63) is 82.6 Å². The molecule has 0 spiro atoms. The van der Waals surface area contributed by atoms with Crippen LogP contribution in [0.1, 0.15) is 39.3 Å². The Labute approximate surface area is 178 Å². The molecule has 4 rings (SSSR count). The smallest absolute Gasteiger partial charge is 0.261 e. The second-order valence-corrected chi connectivity index (χ2v) is 7.40. The number of hydrogen-bond donors (Lipinski definition) is 1. The second kappa shape index (κ2) is 8.55. The quantitative estimate of drug-likeness (QED) is 0.576. The molecule has 1 N–H and O–H groups in total. The van der Waals surface area contributed by atoms with Crippen molar-refractivity contribution in [3.63, 3.8) is 0 Å². The van der Waals surface area contributed by atoms with E-state index in [0.717, 1.165) is 5.56 Å². The first-order valence-corrected chi connectivity index (χ1v) is 9.97. The molecule has 1 aliphatic heterocycles. The van der Waals surface area contributed by atoms with Crippen LogP contribution < -0.4 is 5.32 Å². The van der Waals surface area contributed by atoms with Crippen LogP contribution in [0.5, 0.6) is 0 Å². The van der Waals surface area contributed by atoms with Crippen molar-refractivity contribution in [2.45, 2.75) is 19.4 Å². The number of rotatable bonds is 7. The zero-order valence-electron chi connectivity index (χ0n) is 16.1. The topological polar surface area (TPSA) is 79.6 Å². The Morgan fingerprint density at radius 3 is 2.27 bits per heavy atom. The van der Waals surface area contributed by atoms with Crippen molar-refractivity contribution in [3.8, 4) is 11.3 Å². The minimum absolute atomic E-state index is 0.170. The van der Waals surface area contributed by atoms with Crippen molar-refractivity contribution < 1.29 is 18.8 Å². The van der Waals surface area contributed by atoms with Gasteiger partial charge in [0.2, 0.25) is 5.91 Å². The van der Waals surface area contributed by atoms with E-state index in [1.54, 1.807) is 36.4 Å². The average molecular weight is 423 g/mol. The fraction of sp³-hybridized carbons (Fsp3) is 0.174. The number of carbonyl (C=O) groups is 3. The molecule has 0 saturated carbocycles. The number of fused-ring (bicyclic) bond motifs is 1. The maximum Gasteiger partial charge on any atom is 0.261 e. The van der Waals surface area contributed by atoms with Crippen LogP contribution in [-0.4, -0.2) is 29.2 Å². The molecule has 2 aromatic carbocycles.